The summed E-state index contributed by atoms with van der Waals surface area (Å²) in [5.74, 6) is -0.581. The number of hydrogen-bond donors (Lipinski definition) is 1. The second kappa shape index (κ2) is 7.43. The molecule has 0 saturated carbocycles. The average Bonchev–Trinajstić information content (AvgIpc) is 3.36. The van der Waals surface area contributed by atoms with Gasteiger partial charge in [0.15, 0.2) is 11.6 Å². The molecule has 2 N–H and O–H groups in total. The fourth-order valence-electron chi connectivity index (χ4n) is 2.39. The molecule has 0 bridgehead atoms. The maximum absolute atomic E-state index is 12.7. The molecule has 0 atom stereocenters. The van der Waals surface area contributed by atoms with Crippen LogP contribution >= 0.6 is 11.3 Å². The van der Waals surface area contributed by atoms with Crippen molar-refractivity contribution in [3.8, 4) is 10.7 Å². The third-order valence-corrected chi connectivity index (χ3v) is 4.70. The molecule has 13 heteroatoms. The van der Waals surface area contributed by atoms with E-state index in [2.05, 4.69) is 34.8 Å². The van der Waals surface area contributed by atoms with E-state index in [1.807, 2.05) is 0 Å². The van der Waals surface area contributed by atoms with Crippen molar-refractivity contribution >= 4 is 28.7 Å². The molecule has 4 heterocycles. The molecule has 0 unspecified atom stereocenters. The smallest absolute Gasteiger partial charge is 0.397 e. The van der Waals surface area contributed by atoms with Crippen LogP contribution in [-0.2, 0) is 12.7 Å². The third-order valence-electron chi connectivity index (χ3n) is 3.63. The molecule has 0 spiro atoms. The summed E-state index contributed by atoms with van der Waals surface area (Å²) in [4.78, 5) is 14.7. The van der Waals surface area contributed by atoms with Crippen LogP contribution in [0, 0.1) is 0 Å². The van der Waals surface area contributed by atoms with Crippen LogP contribution in [0.3, 0.4) is 0 Å². The van der Waals surface area contributed by atoms with Gasteiger partial charge < -0.3 is 15.2 Å². The fourth-order valence-corrected chi connectivity index (χ4v) is 3.31. The van der Waals surface area contributed by atoms with E-state index < -0.39 is 12.1 Å². The summed E-state index contributed by atoms with van der Waals surface area (Å²) in [5.41, 5.74) is 6.22. The maximum atomic E-state index is 12.7. The molecular weight excluding hydrogens is 409 g/mol. The van der Waals surface area contributed by atoms with Crippen LogP contribution in [0.5, 0.6) is 0 Å². The van der Waals surface area contributed by atoms with Gasteiger partial charge in [0.1, 0.15) is 0 Å². The SMILES string of the molecule is Nc1cnnc(N(Cc2ccc(-c3noc(C(F)(F)F)n3)s2)c2cnccn2)c1. The van der Waals surface area contributed by atoms with Gasteiger partial charge in [0.25, 0.3) is 0 Å². The van der Waals surface area contributed by atoms with Gasteiger partial charge in [0.05, 0.1) is 29.5 Å². The number of hydrogen-bond acceptors (Lipinski definition) is 10. The Labute approximate surface area is 165 Å². The Bertz CT molecular complexity index is 1110. The number of anilines is 3. The van der Waals surface area contributed by atoms with Crippen molar-refractivity contribution in [1.29, 1.82) is 0 Å². The minimum Gasteiger partial charge on any atom is -0.397 e. The summed E-state index contributed by atoms with van der Waals surface area (Å²) >= 11 is 1.21. The molecule has 9 nitrogen and oxygen atoms in total. The van der Waals surface area contributed by atoms with Crippen molar-refractivity contribution in [1.82, 2.24) is 30.3 Å². The first kappa shape index (κ1) is 18.7. The molecule has 29 heavy (non-hydrogen) atoms. The van der Waals surface area contributed by atoms with Gasteiger partial charge >= 0.3 is 12.1 Å². The first-order valence-corrected chi connectivity index (χ1v) is 8.83. The van der Waals surface area contributed by atoms with E-state index in [1.54, 1.807) is 29.3 Å². The average molecular weight is 420 g/mol. The summed E-state index contributed by atoms with van der Waals surface area (Å²) < 4.78 is 42.3. The molecule has 0 aromatic carbocycles. The number of rotatable bonds is 5. The third kappa shape index (κ3) is 4.13. The van der Waals surface area contributed by atoms with Crippen LogP contribution in [-0.4, -0.2) is 30.3 Å². The van der Waals surface area contributed by atoms with E-state index in [1.165, 1.54) is 29.9 Å². The van der Waals surface area contributed by atoms with E-state index in [0.717, 1.165) is 4.88 Å². The van der Waals surface area contributed by atoms with Gasteiger partial charge in [-0.05, 0) is 12.1 Å². The highest BCUT2D eigenvalue weighted by atomic mass is 32.1. The molecule has 4 rings (SSSR count). The maximum Gasteiger partial charge on any atom is 0.471 e. The molecule has 0 amide bonds. The lowest BCUT2D eigenvalue weighted by atomic mass is 10.3. The molecule has 0 fully saturated rings. The molecule has 0 saturated heterocycles. The van der Waals surface area contributed by atoms with Crippen molar-refractivity contribution in [3.63, 3.8) is 0 Å². The lowest BCUT2D eigenvalue weighted by molar-refractivity contribution is -0.159. The van der Waals surface area contributed by atoms with Crippen molar-refractivity contribution in [2.75, 3.05) is 10.6 Å². The van der Waals surface area contributed by atoms with E-state index in [4.69, 9.17) is 5.73 Å². The number of halogens is 3. The van der Waals surface area contributed by atoms with Crippen LogP contribution in [0.1, 0.15) is 10.8 Å². The monoisotopic (exact) mass is 420 g/mol. The summed E-state index contributed by atoms with van der Waals surface area (Å²) in [6, 6.07) is 4.99. The van der Waals surface area contributed by atoms with Gasteiger partial charge in [-0.1, -0.05) is 5.16 Å². The van der Waals surface area contributed by atoms with E-state index in [-0.39, 0.29) is 5.82 Å². The van der Waals surface area contributed by atoms with Gasteiger partial charge in [-0.25, -0.2) is 4.98 Å². The lowest BCUT2D eigenvalue weighted by Crippen LogP contribution is -2.19. The van der Waals surface area contributed by atoms with Gasteiger partial charge in [-0.15, -0.1) is 16.4 Å². The van der Waals surface area contributed by atoms with Gasteiger partial charge in [-0.2, -0.15) is 23.3 Å². The molecule has 0 aliphatic rings. The van der Waals surface area contributed by atoms with Crippen LogP contribution in [0.4, 0.5) is 30.5 Å². The van der Waals surface area contributed by atoms with Crippen LogP contribution in [0.25, 0.3) is 10.7 Å². The first-order chi connectivity index (χ1) is 13.9. The predicted molar refractivity (Wildman–Crippen MR) is 96.9 cm³/mol. The van der Waals surface area contributed by atoms with Crippen LogP contribution < -0.4 is 10.6 Å². The molecule has 0 aliphatic heterocycles. The topological polar surface area (TPSA) is 120 Å². The number of nitrogen functional groups attached to an aromatic ring is 1. The normalized spacial score (nSPS) is 11.6. The van der Waals surface area contributed by atoms with E-state index >= 15 is 0 Å². The van der Waals surface area contributed by atoms with Crippen molar-refractivity contribution < 1.29 is 17.7 Å². The zero-order chi connectivity index (χ0) is 20.4. The number of thiophene rings is 1. The Morgan fingerprint density at radius 2 is 2.00 bits per heavy atom. The largest absolute Gasteiger partial charge is 0.471 e. The number of alkyl halides is 3. The first-order valence-electron chi connectivity index (χ1n) is 8.02. The highest BCUT2D eigenvalue weighted by Crippen LogP contribution is 2.33. The molecule has 148 valence electrons. The van der Waals surface area contributed by atoms with Crippen LogP contribution in [0.2, 0.25) is 0 Å². The zero-order valence-corrected chi connectivity index (χ0v) is 15.2. The Morgan fingerprint density at radius 3 is 2.69 bits per heavy atom. The number of nitrogens with two attached hydrogens (primary N) is 1. The zero-order valence-electron chi connectivity index (χ0n) is 14.4. The predicted octanol–water partition coefficient (Wildman–Crippen LogP) is 3.32. The summed E-state index contributed by atoms with van der Waals surface area (Å²) in [5, 5.41) is 11.3. The van der Waals surface area contributed by atoms with E-state index in [9.17, 15) is 13.2 Å². The Kier molecular flexibility index (Phi) is 4.80. The molecule has 4 aromatic heterocycles. The number of aromatic nitrogens is 6. The fraction of sp³-hybridized carbons (Fsp3) is 0.125. The highest BCUT2D eigenvalue weighted by molar-refractivity contribution is 7.15. The molecule has 0 aliphatic carbocycles. The summed E-state index contributed by atoms with van der Waals surface area (Å²) in [7, 11) is 0. The summed E-state index contributed by atoms with van der Waals surface area (Å²) in [6.45, 7) is 0.297. The second-order valence-electron chi connectivity index (χ2n) is 5.68. The highest BCUT2D eigenvalue weighted by Gasteiger charge is 2.38. The molecule has 0 radical (unpaired) electrons. The minimum atomic E-state index is -4.69. The summed E-state index contributed by atoms with van der Waals surface area (Å²) in [6.07, 6.45) is 1.33. The quantitative estimate of drug-likeness (QED) is 0.518. The lowest BCUT2D eigenvalue weighted by Gasteiger charge is -2.21. The minimum absolute atomic E-state index is 0.136. The van der Waals surface area contributed by atoms with Gasteiger partial charge in [0.2, 0.25) is 5.82 Å². The second-order valence-corrected chi connectivity index (χ2v) is 6.85. The van der Waals surface area contributed by atoms with Crippen molar-refractivity contribution in [2.45, 2.75) is 12.7 Å². The Morgan fingerprint density at radius 1 is 1.14 bits per heavy atom. The van der Waals surface area contributed by atoms with Crippen molar-refractivity contribution in [2.24, 2.45) is 0 Å². The van der Waals surface area contributed by atoms with E-state index in [0.29, 0.717) is 28.7 Å². The van der Waals surface area contributed by atoms with Crippen molar-refractivity contribution in [3.05, 3.63) is 53.8 Å². The standard InChI is InChI=1S/C16H11F3N8OS/c17-16(18,19)15-24-14(26-28-15)11-2-1-10(29-11)8-27(13-7-21-3-4-22-13)12-5-9(20)6-23-25-12/h1-7H,8H2,(H2,20,25). The van der Waals surface area contributed by atoms with Gasteiger partial charge in [-0.3, -0.25) is 4.98 Å². The molecule has 4 aromatic rings. The van der Waals surface area contributed by atoms with Crippen LogP contribution in [0.15, 0.2) is 47.5 Å². The number of nitrogens with zero attached hydrogens (tertiary/aromatic N) is 7. The molecular formula is C16H11F3N8OS. The van der Waals surface area contributed by atoms with Gasteiger partial charge in [0, 0.05) is 23.3 Å². The Hall–Kier alpha value is -3.61. The Balaban J connectivity index is 1.63.